The Labute approximate surface area is 176 Å². The highest BCUT2D eigenvalue weighted by Crippen LogP contribution is 2.37. The number of anilines is 3. The number of carboxylic acid groups (broad SMARTS) is 1. The number of halogens is 3. The van der Waals surface area contributed by atoms with Crippen LogP contribution in [-0.4, -0.2) is 17.0 Å². The molecule has 0 spiro atoms. The molecule has 162 valence electrons. The number of nitriles is 1. The van der Waals surface area contributed by atoms with Gasteiger partial charge in [0.15, 0.2) is 0 Å². The maximum atomic E-state index is 13.2. The Kier molecular flexibility index (Phi) is 6.49. The number of alkyl halides is 3. The summed E-state index contributed by atoms with van der Waals surface area (Å²) in [5.41, 5.74) is 0.109. The SMILES string of the molecule is N#Cc1ccc(Nc2ccc(C(F)(F)F)cc2NC(=O)[C@H]2CCCC[C@@H]2C(=O)O)cc1. The summed E-state index contributed by atoms with van der Waals surface area (Å²) in [7, 11) is 0. The number of hydrogen-bond acceptors (Lipinski definition) is 4. The molecule has 1 aliphatic carbocycles. The standard InChI is InChI=1S/C22H20F3N3O3/c23-22(24,25)14-7-10-18(27-15-8-5-13(12-26)6-9-15)19(11-14)28-20(29)16-3-1-2-4-17(16)21(30)31/h5-11,16-17,27H,1-4H2,(H,28,29)(H,30,31)/t16-,17-/m0/s1. The minimum absolute atomic E-state index is 0.0982. The number of nitrogens with one attached hydrogen (secondary N) is 2. The van der Waals surface area contributed by atoms with E-state index in [4.69, 9.17) is 5.26 Å². The van der Waals surface area contributed by atoms with Crippen molar-refractivity contribution < 1.29 is 27.9 Å². The van der Waals surface area contributed by atoms with Crippen molar-refractivity contribution in [2.45, 2.75) is 31.9 Å². The van der Waals surface area contributed by atoms with E-state index in [-0.39, 0.29) is 11.4 Å². The van der Waals surface area contributed by atoms with Crippen molar-refractivity contribution in [2.75, 3.05) is 10.6 Å². The monoisotopic (exact) mass is 431 g/mol. The summed E-state index contributed by atoms with van der Waals surface area (Å²) in [4.78, 5) is 24.3. The number of nitrogens with zero attached hydrogens (tertiary/aromatic N) is 1. The van der Waals surface area contributed by atoms with E-state index in [1.807, 2.05) is 6.07 Å². The quantitative estimate of drug-likeness (QED) is 0.608. The number of carbonyl (C=O) groups excluding carboxylic acids is 1. The van der Waals surface area contributed by atoms with Crippen LogP contribution in [0.4, 0.5) is 30.2 Å². The average Bonchev–Trinajstić information content (AvgIpc) is 2.74. The highest BCUT2D eigenvalue weighted by atomic mass is 19.4. The molecule has 0 heterocycles. The van der Waals surface area contributed by atoms with Crippen LogP contribution in [0, 0.1) is 23.2 Å². The summed E-state index contributed by atoms with van der Waals surface area (Å²) in [5.74, 6) is -3.38. The largest absolute Gasteiger partial charge is 0.481 e. The van der Waals surface area contributed by atoms with Crippen LogP contribution in [0.3, 0.4) is 0 Å². The molecule has 31 heavy (non-hydrogen) atoms. The molecule has 1 aliphatic rings. The second-order valence-corrected chi connectivity index (χ2v) is 7.40. The van der Waals surface area contributed by atoms with Crippen LogP contribution in [0.25, 0.3) is 0 Å². The lowest BCUT2D eigenvalue weighted by Crippen LogP contribution is -2.36. The Morgan fingerprint density at radius 3 is 2.23 bits per heavy atom. The second-order valence-electron chi connectivity index (χ2n) is 7.40. The summed E-state index contributed by atoms with van der Waals surface area (Å²) in [6.07, 6.45) is -2.52. The van der Waals surface area contributed by atoms with Gasteiger partial charge in [0, 0.05) is 5.69 Å². The van der Waals surface area contributed by atoms with Gasteiger partial charge in [0.25, 0.3) is 0 Å². The fraction of sp³-hybridized carbons (Fsp3) is 0.318. The first-order chi connectivity index (χ1) is 14.7. The zero-order valence-corrected chi connectivity index (χ0v) is 16.4. The molecule has 3 N–H and O–H groups in total. The van der Waals surface area contributed by atoms with E-state index in [0.29, 0.717) is 36.9 Å². The van der Waals surface area contributed by atoms with Crippen molar-refractivity contribution in [1.29, 1.82) is 5.26 Å². The highest BCUT2D eigenvalue weighted by molar-refractivity contribution is 5.98. The molecule has 0 bridgehead atoms. The van der Waals surface area contributed by atoms with E-state index in [2.05, 4.69) is 10.6 Å². The predicted molar refractivity (Wildman–Crippen MR) is 108 cm³/mol. The van der Waals surface area contributed by atoms with E-state index in [0.717, 1.165) is 12.1 Å². The fourth-order valence-corrected chi connectivity index (χ4v) is 3.68. The molecule has 2 aromatic rings. The van der Waals surface area contributed by atoms with Crippen LogP contribution >= 0.6 is 0 Å². The van der Waals surface area contributed by atoms with Gasteiger partial charge >= 0.3 is 12.1 Å². The number of carboxylic acids is 1. The zero-order valence-electron chi connectivity index (χ0n) is 16.4. The van der Waals surface area contributed by atoms with Crippen LogP contribution in [-0.2, 0) is 15.8 Å². The molecule has 9 heteroatoms. The Morgan fingerprint density at radius 2 is 1.65 bits per heavy atom. The Morgan fingerprint density at radius 1 is 1.00 bits per heavy atom. The lowest BCUT2D eigenvalue weighted by atomic mass is 9.78. The van der Waals surface area contributed by atoms with Crippen LogP contribution in [0.1, 0.15) is 36.8 Å². The molecule has 2 aromatic carbocycles. The van der Waals surface area contributed by atoms with Crippen molar-refractivity contribution in [3.63, 3.8) is 0 Å². The topological polar surface area (TPSA) is 102 Å². The van der Waals surface area contributed by atoms with Crippen molar-refractivity contribution in [1.82, 2.24) is 0 Å². The molecule has 3 rings (SSSR count). The van der Waals surface area contributed by atoms with Gasteiger partial charge < -0.3 is 15.7 Å². The van der Waals surface area contributed by atoms with Crippen molar-refractivity contribution in [3.8, 4) is 6.07 Å². The summed E-state index contributed by atoms with van der Waals surface area (Å²) in [6.45, 7) is 0. The smallest absolute Gasteiger partial charge is 0.416 e. The third-order valence-electron chi connectivity index (χ3n) is 5.32. The molecule has 0 aromatic heterocycles. The van der Waals surface area contributed by atoms with Crippen LogP contribution in [0.15, 0.2) is 42.5 Å². The van der Waals surface area contributed by atoms with Gasteiger partial charge in [0.2, 0.25) is 5.91 Å². The van der Waals surface area contributed by atoms with E-state index in [1.54, 1.807) is 24.3 Å². The molecule has 1 amide bonds. The summed E-state index contributed by atoms with van der Waals surface area (Å²) in [6, 6.07) is 11.2. The molecular formula is C22H20F3N3O3. The normalized spacial score (nSPS) is 18.6. The molecule has 1 fully saturated rings. The predicted octanol–water partition coefficient (Wildman–Crippen LogP) is 5.15. The van der Waals surface area contributed by atoms with Crippen LogP contribution in [0.5, 0.6) is 0 Å². The first-order valence-corrected chi connectivity index (χ1v) is 9.71. The molecule has 2 atom stereocenters. The molecule has 6 nitrogen and oxygen atoms in total. The number of carbonyl (C=O) groups is 2. The van der Waals surface area contributed by atoms with Gasteiger partial charge in [0.05, 0.1) is 40.4 Å². The number of rotatable bonds is 5. The van der Waals surface area contributed by atoms with E-state index < -0.39 is 35.5 Å². The van der Waals surface area contributed by atoms with Gasteiger partial charge in [-0.05, 0) is 55.3 Å². The summed E-state index contributed by atoms with van der Waals surface area (Å²) < 4.78 is 39.7. The number of benzene rings is 2. The van der Waals surface area contributed by atoms with Gasteiger partial charge in [-0.2, -0.15) is 18.4 Å². The van der Waals surface area contributed by atoms with Gasteiger partial charge in [-0.25, -0.2) is 0 Å². The lowest BCUT2D eigenvalue weighted by Gasteiger charge is -2.28. The fourth-order valence-electron chi connectivity index (χ4n) is 3.68. The highest BCUT2D eigenvalue weighted by Gasteiger charge is 2.36. The zero-order chi connectivity index (χ0) is 22.6. The number of amides is 1. The first kappa shape index (κ1) is 22.2. The lowest BCUT2D eigenvalue weighted by molar-refractivity contribution is -0.147. The minimum Gasteiger partial charge on any atom is -0.481 e. The van der Waals surface area contributed by atoms with Crippen molar-refractivity contribution in [3.05, 3.63) is 53.6 Å². The molecule has 1 saturated carbocycles. The van der Waals surface area contributed by atoms with E-state index in [1.165, 1.54) is 6.07 Å². The molecule has 0 radical (unpaired) electrons. The van der Waals surface area contributed by atoms with E-state index in [9.17, 15) is 27.9 Å². The number of hydrogen-bond donors (Lipinski definition) is 3. The van der Waals surface area contributed by atoms with Crippen molar-refractivity contribution >= 4 is 28.9 Å². The van der Waals surface area contributed by atoms with Gasteiger partial charge in [-0.15, -0.1) is 0 Å². The molecule has 0 aliphatic heterocycles. The molecular weight excluding hydrogens is 411 g/mol. The summed E-state index contributed by atoms with van der Waals surface area (Å²) >= 11 is 0. The van der Waals surface area contributed by atoms with E-state index >= 15 is 0 Å². The van der Waals surface area contributed by atoms with Gasteiger partial charge in [-0.3, -0.25) is 9.59 Å². The number of aliphatic carboxylic acids is 1. The first-order valence-electron chi connectivity index (χ1n) is 9.71. The van der Waals surface area contributed by atoms with Gasteiger partial charge in [0.1, 0.15) is 0 Å². The Bertz CT molecular complexity index is 1010. The minimum atomic E-state index is -4.61. The Hall–Kier alpha value is -3.54. The third kappa shape index (κ3) is 5.34. The van der Waals surface area contributed by atoms with Crippen molar-refractivity contribution in [2.24, 2.45) is 11.8 Å². The molecule has 0 saturated heterocycles. The molecule has 0 unspecified atom stereocenters. The van der Waals surface area contributed by atoms with Crippen LogP contribution < -0.4 is 10.6 Å². The maximum Gasteiger partial charge on any atom is 0.416 e. The summed E-state index contributed by atoms with van der Waals surface area (Å²) in [5, 5.41) is 23.7. The van der Waals surface area contributed by atoms with Crippen LogP contribution in [0.2, 0.25) is 0 Å². The maximum absolute atomic E-state index is 13.2. The van der Waals surface area contributed by atoms with Gasteiger partial charge in [-0.1, -0.05) is 12.8 Å². The third-order valence-corrected chi connectivity index (χ3v) is 5.32. The Balaban J connectivity index is 1.90. The average molecular weight is 431 g/mol. The second kappa shape index (κ2) is 9.08.